The lowest BCUT2D eigenvalue weighted by atomic mass is 10.00. The smallest absolute Gasteiger partial charge is 0.256 e. The van der Waals surface area contributed by atoms with E-state index in [2.05, 4.69) is 30.5 Å². The van der Waals surface area contributed by atoms with E-state index in [4.69, 9.17) is 0 Å². The molecule has 0 saturated carbocycles. The lowest BCUT2D eigenvalue weighted by molar-refractivity contribution is -0.114. The van der Waals surface area contributed by atoms with Crippen molar-refractivity contribution in [1.29, 1.82) is 0 Å². The SMILES string of the molecule is CC(=O)Nc1cn2nc(-c3cnc4c(c3)C(=O)N(Cc3cc(F)ccc3-c3ncn(C)n3)CC4)ccc2n1. The zero-order valence-electron chi connectivity index (χ0n) is 20.6. The molecule has 5 aromatic rings. The largest absolute Gasteiger partial charge is 0.334 e. The predicted octanol–water partition coefficient (Wildman–Crippen LogP) is 2.88. The molecule has 0 aliphatic carbocycles. The molecule has 0 unspecified atom stereocenters. The molecule has 1 aliphatic rings. The number of nitrogens with zero attached hydrogens (tertiary/aromatic N) is 8. The van der Waals surface area contributed by atoms with E-state index in [1.54, 1.807) is 64.1 Å². The van der Waals surface area contributed by atoms with Gasteiger partial charge in [0.1, 0.15) is 12.1 Å². The molecule has 1 aliphatic heterocycles. The summed E-state index contributed by atoms with van der Waals surface area (Å²) in [6, 6.07) is 9.76. The van der Waals surface area contributed by atoms with Crippen LogP contribution in [0.15, 0.2) is 55.1 Å². The molecule has 0 saturated heterocycles. The van der Waals surface area contributed by atoms with Crippen molar-refractivity contribution in [3.63, 3.8) is 0 Å². The highest BCUT2D eigenvalue weighted by molar-refractivity contribution is 5.97. The molecule has 4 aromatic heterocycles. The van der Waals surface area contributed by atoms with Crippen LogP contribution in [-0.2, 0) is 24.8 Å². The zero-order valence-corrected chi connectivity index (χ0v) is 20.6. The fourth-order valence-electron chi connectivity index (χ4n) is 4.54. The number of carbonyl (C=O) groups excluding carboxylic acids is 2. The summed E-state index contributed by atoms with van der Waals surface area (Å²) in [6.07, 6.45) is 5.46. The van der Waals surface area contributed by atoms with Gasteiger partial charge in [0.2, 0.25) is 5.91 Å². The number of hydrogen-bond donors (Lipinski definition) is 1. The summed E-state index contributed by atoms with van der Waals surface area (Å²) in [5.41, 5.74) is 4.32. The molecule has 190 valence electrons. The number of fused-ring (bicyclic) bond motifs is 2. The molecule has 0 fully saturated rings. The molecule has 2 amide bonds. The van der Waals surface area contributed by atoms with E-state index >= 15 is 0 Å². The van der Waals surface area contributed by atoms with E-state index in [-0.39, 0.29) is 18.4 Å². The fraction of sp³-hybridized carbons (Fsp3) is 0.192. The topological polar surface area (TPSA) is 123 Å². The minimum atomic E-state index is -0.392. The number of pyridine rings is 1. The molecular formula is C26H22FN9O2. The number of imidazole rings is 1. The van der Waals surface area contributed by atoms with Gasteiger partial charge in [-0.2, -0.15) is 10.2 Å². The number of nitrogens with one attached hydrogen (secondary N) is 1. The van der Waals surface area contributed by atoms with Gasteiger partial charge in [-0.25, -0.2) is 18.9 Å². The second-order valence-electron chi connectivity index (χ2n) is 9.07. The van der Waals surface area contributed by atoms with Gasteiger partial charge in [-0.1, -0.05) is 0 Å². The number of amides is 2. The summed E-state index contributed by atoms with van der Waals surface area (Å²) in [5, 5.41) is 11.5. The number of aromatic nitrogens is 7. The normalized spacial score (nSPS) is 13.1. The monoisotopic (exact) mass is 511 g/mol. The Morgan fingerprint density at radius 3 is 2.76 bits per heavy atom. The number of halogens is 1. The molecule has 38 heavy (non-hydrogen) atoms. The Balaban J connectivity index is 1.30. The number of hydrogen-bond acceptors (Lipinski definition) is 7. The van der Waals surface area contributed by atoms with E-state index in [1.807, 2.05) is 0 Å². The number of carbonyl (C=O) groups is 2. The first kappa shape index (κ1) is 23.4. The van der Waals surface area contributed by atoms with Gasteiger partial charge in [0.25, 0.3) is 5.91 Å². The molecule has 11 nitrogen and oxygen atoms in total. The Labute approximate surface area is 216 Å². The third kappa shape index (κ3) is 4.36. The van der Waals surface area contributed by atoms with Crippen molar-refractivity contribution in [2.24, 2.45) is 7.05 Å². The first-order valence-corrected chi connectivity index (χ1v) is 11.9. The van der Waals surface area contributed by atoms with Gasteiger partial charge in [-0.15, -0.1) is 0 Å². The van der Waals surface area contributed by atoms with E-state index in [0.29, 0.717) is 63.9 Å². The van der Waals surface area contributed by atoms with Crippen LogP contribution in [0.3, 0.4) is 0 Å². The standard InChI is InChI=1S/C26H22FN9O2/c1-15(37)30-23-13-36-24(31-23)6-5-21(32-36)16-10-20-22(28-11-16)7-8-35(26(20)38)12-17-9-18(27)3-4-19(17)25-29-14-34(2)33-25/h3-6,9-11,13-14H,7-8,12H2,1-2H3,(H,30,37). The zero-order chi connectivity index (χ0) is 26.4. The van der Waals surface area contributed by atoms with Crippen LogP contribution in [0.2, 0.25) is 0 Å². The maximum absolute atomic E-state index is 14.2. The minimum Gasteiger partial charge on any atom is -0.334 e. The molecule has 0 bridgehead atoms. The van der Waals surface area contributed by atoms with Crippen molar-refractivity contribution in [2.45, 2.75) is 19.9 Å². The van der Waals surface area contributed by atoms with E-state index in [0.717, 1.165) is 0 Å². The maximum atomic E-state index is 14.2. The van der Waals surface area contributed by atoms with Crippen LogP contribution in [0.25, 0.3) is 28.3 Å². The van der Waals surface area contributed by atoms with Crippen molar-refractivity contribution in [3.05, 3.63) is 77.8 Å². The van der Waals surface area contributed by atoms with Crippen LogP contribution < -0.4 is 5.32 Å². The van der Waals surface area contributed by atoms with Gasteiger partial charge in [0.15, 0.2) is 17.3 Å². The number of anilines is 1. The van der Waals surface area contributed by atoms with Crippen LogP contribution >= 0.6 is 0 Å². The predicted molar refractivity (Wildman–Crippen MR) is 135 cm³/mol. The van der Waals surface area contributed by atoms with Crippen molar-refractivity contribution < 1.29 is 14.0 Å². The van der Waals surface area contributed by atoms with Gasteiger partial charge < -0.3 is 10.2 Å². The Kier molecular flexibility index (Phi) is 5.63. The number of benzene rings is 1. The third-order valence-corrected chi connectivity index (χ3v) is 6.30. The van der Waals surface area contributed by atoms with E-state index in [9.17, 15) is 14.0 Å². The van der Waals surface area contributed by atoms with Crippen molar-refractivity contribution in [2.75, 3.05) is 11.9 Å². The lowest BCUT2D eigenvalue weighted by Gasteiger charge is -2.29. The van der Waals surface area contributed by atoms with Crippen molar-refractivity contribution >= 4 is 23.3 Å². The Bertz CT molecular complexity index is 1730. The van der Waals surface area contributed by atoms with Crippen LogP contribution in [0.4, 0.5) is 10.2 Å². The lowest BCUT2D eigenvalue weighted by Crippen LogP contribution is -2.37. The van der Waals surface area contributed by atoms with Crippen LogP contribution in [0.5, 0.6) is 0 Å². The molecule has 12 heteroatoms. The quantitative estimate of drug-likeness (QED) is 0.385. The molecule has 1 N–H and O–H groups in total. The first-order chi connectivity index (χ1) is 18.3. The van der Waals surface area contributed by atoms with Gasteiger partial charge in [0.05, 0.1) is 23.1 Å². The molecule has 1 aromatic carbocycles. The number of aryl methyl sites for hydroxylation is 1. The molecular weight excluding hydrogens is 489 g/mol. The van der Waals surface area contributed by atoms with Crippen LogP contribution in [-0.4, -0.2) is 57.6 Å². The van der Waals surface area contributed by atoms with Crippen molar-refractivity contribution in [1.82, 2.24) is 39.2 Å². The average Bonchev–Trinajstić information content (AvgIpc) is 3.50. The van der Waals surface area contributed by atoms with Crippen LogP contribution in [0, 0.1) is 5.82 Å². The summed E-state index contributed by atoms with van der Waals surface area (Å²) in [7, 11) is 1.76. The van der Waals surface area contributed by atoms with Gasteiger partial charge in [0, 0.05) is 50.8 Å². The summed E-state index contributed by atoms with van der Waals surface area (Å²) in [6.45, 7) is 2.07. The Morgan fingerprint density at radius 1 is 1.11 bits per heavy atom. The van der Waals surface area contributed by atoms with Crippen molar-refractivity contribution in [3.8, 4) is 22.6 Å². The van der Waals surface area contributed by atoms with E-state index < -0.39 is 5.82 Å². The van der Waals surface area contributed by atoms with E-state index in [1.165, 1.54) is 19.1 Å². The molecule has 6 rings (SSSR count). The molecule has 0 radical (unpaired) electrons. The van der Waals surface area contributed by atoms with Crippen LogP contribution in [0.1, 0.15) is 28.5 Å². The fourth-order valence-corrected chi connectivity index (χ4v) is 4.54. The van der Waals surface area contributed by atoms with Gasteiger partial charge >= 0.3 is 0 Å². The third-order valence-electron chi connectivity index (χ3n) is 6.30. The first-order valence-electron chi connectivity index (χ1n) is 11.9. The molecule has 0 atom stereocenters. The summed E-state index contributed by atoms with van der Waals surface area (Å²) in [4.78, 5) is 39.7. The van der Waals surface area contributed by atoms with Gasteiger partial charge in [-0.3, -0.25) is 19.3 Å². The number of rotatable bonds is 5. The maximum Gasteiger partial charge on any atom is 0.256 e. The highest BCUT2D eigenvalue weighted by Crippen LogP contribution is 2.28. The highest BCUT2D eigenvalue weighted by Gasteiger charge is 2.27. The van der Waals surface area contributed by atoms with Gasteiger partial charge in [-0.05, 0) is 42.0 Å². The summed E-state index contributed by atoms with van der Waals surface area (Å²) >= 11 is 0. The molecule has 0 spiro atoms. The Morgan fingerprint density at radius 2 is 1.97 bits per heavy atom. The Hall–Kier alpha value is -5.00. The average molecular weight is 512 g/mol. The second-order valence-corrected chi connectivity index (χ2v) is 9.07. The summed E-state index contributed by atoms with van der Waals surface area (Å²) in [5.74, 6) is 0.0582. The second kappa shape index (κ2) is 9.14. The molecule has 5 heterocycles. The summed E-state index contributed by atoms with van der Waals surface area (Å²) < 4.78 is 17.3. The highest BCUT2D eigenvalue weighted by atomic mass is 19.1. The minimum absolute atomic E-state index is 0.193.